The van der Waals surface area contributed by atoms with Gasteiger partial charge in [-0.15, -0.1) is 0 Å². The van der Waals surface area contributed by atoms with Crippen LogP contribution in [0.2, 0.25) is 0 Å². The van der Waals surface area contributed by atoms with Crippen LogP contribution < -0.4 is 5.32 Å². The molecule has 1 N–H and O–H groups in total. The van der Waals surface area contributed by atoms with E-state index in [1.54, 1.807) is 0 Å². The van der Waals surface area contributed by atoms with Gasteiger partial charge in [-0.05, 0) is 63.1 Å². The molecule has 0 aromatic heterocycles. The van der Waals surface area contributed by atoms with Crippen LogP contribution in [0.15, 0.2) is 0 Å². The fourth-order valence-electron chi connectivity index (χ4n) is 4.36. The Kier molecular flexibility index (Phi) is 5.92. The summed E-state index contributed by atoms with van der Waals surface area (Å²) in [5.74, 6) is 0.911. The zero-order valence-electron chi connectivity index (χ0n) is 14.3. The summed E-state index contributed by atoms with van der Waals surface area (Å²) < 4.78 is 0. The van der Waals surface area contributed by atoms with E-state index in [0.29, 0.717) is 5.41 Å². The summed E-state index contributed by atoms with van der Waals surface area (Å²) in [6.07, 6.45) is 9.89. The molecule has 0 spiro atoms. The Hall–Kier alpha value is -0.0800. The molecule has 2 nitrogen and oxygen atoms in total. The van der Waals surface area contributed by atoms with Crippen molar-refractivity contribution in [1.82, 2.24) is 10.2 Å². The third kappa shape index (κ3) is 4.21. The number of nitrogens with zero attached hydrogens (tertiary/aromatic N) is 1. The molecule has 3 unspecified atom stereocenters. The normalized spacial score (nSPS) is 33.9. The molecule has 1 saturated heterocycles. The van der Waals surface area contributed by atoms with E-state index in [2.05, 4.69) is 37.9 Å². The summed E-state index contributed by atoms with van der Waals surface area (Å²) in [6.45, 7) is 13.3. The van der Waals surface area contributed by atoms with Gasteiger partial charge in [0.25, 0.3) is 0 Å². The van der Waals surface area contributed by atoms with Crippen LogP contribution in [0.4, 0.5) is 0 Å². The first-order chi connectivity index (χ1) is 9.52. The van der Waals surface area contributed by atoms with Crippen molar-refractivity contribution in [2.24, 2.45) is 11.3 Å². The molecule has 0 bridgehead atoms. The Morgan fingerprint density at radius 3 is 2.40 bits per heavy atom. The molecule has 1 aliphatic heterocycles. The van der Waals surface area contributed by atoms with Gasteiger partial charge in [-0.2, -0.15) is 0 Å². The summed E-state index contributed by atoms with van der Waals surface area (Å²) in [7, 11) is 0. The SMILES string of the molecule is CCNC1CCCCC1N1CCCC(C(C)(C)C)CC1. The number of hydrogen-bond donors (Lipinski definition) is 1. The molecule has 0 radical (unpaired) electrons. The van der Waals surface area contributed by atoms with Crippen LogP contribution in [-0.4, -0.2) is 36.6 Å². The quantitative estimate of drug-likeness (QED) is 0.839. The summed E-state index contributed by atoms with van der Waals surface area (Å²) in [5, 5.41) is 3.75. The minimum atomic E-state index is 0.490. The predicted molar refractivity (Wildman–Crippen MR) is 88.1 cm³/mol. The molecule has 2 aliphatic rings. The van der Waals surface area contributed by atoms with Crippen LogP contribution in [0.1, 0.15) is 72.6 Å². The maximum absolute atomic E-state index is 3.75. The van der Waals surface area contributed by atoms with Gasteiger partial charge >= 0.3 is 0 Å². The molecule has 2 heteroatoms. The topological polar surface area (TPSA) is 15.3 Å². The lowest BCUT2D eigenvalue weighted by molar-refractivity contribution is 0.121. The Morgan fingerprint density at radius 1 is 0.950 bits per heavy atom. The summed E-state index contributed by atoms with van der Waals surface area (Å²) in [5.41, 5.74) is 0.490. The average Bonchev–Trinajstić information content (AvgIpc) is 2.65. The third-order valence-corrected chi connectivity index (χ3v) is 5.65. The van der Waals surface area contributed by atoms with Gasteiger partial charge in [0.1, 0.15) is 0 Å². The van der Waals surface area contributed by atoms with Crippen LogP contribution in [0.25, 0.3) is 0 Å². The second-order valence-electron chi connectivity index (χ2n) is 8.05. The lowest BCUT2D eigenvalue weighted by atomic mass is 9.77. The molecule has 1 aliphatic carbocycles. The lowest BCUT2D eigenvalue weighted by Gasteiger charge is -2.40. The van der Waals surface area contributed by atoms with Gasteiger partial charge in [-0.25, -0.2) is 0 Å². The first-order valence-electron chi connectivity index (χ1n) is 8.99. The second kappa shape index (κ2) is 7.26. The van der Waals surface area contributed by atoms with Crippen molar-refractivity contribution in [2.75, 3.05) is 19.6 Å². The minimum Gasteiger partial charge on any atom is -0.313 e. The highest BCUT2D eigenvalue weighted by molar-refractivity contribution is 4.90. The molecule has 1 saturated carbocycles. The van der Waals surface area contributed by atoms with E-state index in [1.807, 2.05) is 0 Å². The number of likely N-dealkylation sites (tertiary alicyclic amines) is 1. The van der Waals surface area contributed by atoms with Crippen molar-refractivity contribution >= 4 is 0 Å². The fourth-order valence-corrected chi connectivity index (χ4v) is 4.36. The zero-order valence-corrected chi connectivity index (χ0v) is 14.3. The molecule has 2 rings (SSSR count). The number of rotatable bonds is 3. The van der Waals surface area contributed by atoms with Crippen molar-refractivity contribution < 1.29 is 0 Å². The van der Waals surface area contributed by atoms with Crippen molar-refractivity contribution in [3.63, 3.8) is 0 Å². The second-order valence-corrected chi connectivity index (χ2v) is 8.05. The molecule has 0 aromatic carbocycles. The number of likely N-dealkylation sites (N-methyl/N-ethyl adjacent to an activating group) is 1. The van der Waals surface area contributed by atoms with Crippen LogP contribution in [0.5, 0.6) is 0 Å². The van der Waals surface area contributed by atoms with E-state index in [0.717, 1.165) is 24.5 Å². The maximum Gasteiger partial charge on any atom is 0.0249 e. The van der Waals surface area contributed by atoms with Crippen LogP contribution in [-0.2, 0) is 0 Å². The maximum atomic E-state index is 3.75. The zero-order chi connectivity index (χ0) is 14.6. The Labute approximate surface area is 126 Å². The Morgan fingerprint density at radius 2 is 1.70 bits per heavy atom. The van der Waals surface area contributed by atoms with Crippen LogP contribution in [0, 0.1) is 11.3 Å². The van der Waals surface area contributed by atoms with Gasteiger partial charge in [-0.3, -0.25) is 4.90 Å². The number of hydrogen-bond acceptors (Lipinski definition) is 2. The van der Waals surface area contributed by atoms with E-state index in [9.17, 15) is 0 Å². The number of nitrogens with one attached hydrogen (secondary N) is 1. The van der Waals surface area contributed by atoms with Gasteiger partial charge in [-0.1, -0.05) is 40.5 Å². The molecule has 3 atom stereocenters. The van der Waals surface area contributed by atoms with E-state index in [4.69, 9.17) is 0 Å². The van der Waals surface area contributed by atoms with E-state index in [1.165, 1.54) is 58.0 Å². The fraction of sp³-hybridized carbons (Fsp3) is 1.00. The molecular formula is C18H36N2. The van der Waals surface area contributed by atoms with Gasteiger partial charge in [0.05, 0.1) is 0 Å². The van der Waals surface area contributed by atoms with Gasteiger partial charge in [0.15, 0.2) is 0 Å². The van der Waals surface area contributed by atoms with Crippen molar-refractivity contribution in [2.45, 2.75) is 84.7 Å². The first kappa shape index (κ1) is 16.3. The molecular weight excluding hydrogens is 244 g/mol. The van der Waals surface area contributed by atoms with Crippen LogP contribution in [0.3, 0.4) is 0 Å². The molecule has 0 aromatic rings. The van der Waals surface area contributed by atoms with Crippen molar-refractivity contribution in [3.8, 4) is 0 Å². The summed E-state index contributed by atoms with van der Waals surface area (Å²) >= 11 is 0. The largest absolute Gasteiger partial charge is 0.313 e. The van der Waals surface area contributed by atoms with Crippen molar-refractivity contribution in [1.29, 1.82) is 0 Å². The Bertz CT molecular complexity index is 280. The van der Waals surface area contributed by atoms with Gasteiger partial charge in [0, 0.05) is 12.1 Å². The predicted octanol–water partition coefficient (Wildman–Crippen LogP) is 4.06. The monoisotopic (exact) mass is 280 g/mol. The highest BCUT2D eigenvalue weighted by atomic mass is 15.2. The third-order valence-electron chi connectivity index (χ3n) is 5.65. The average molecular weight is 280 g/mol. The highest BCUT2D eigenvalue weighted by Crippen LogP contribution is 2.35. The highest BCUT2D eigenvalue weighted by Gasteiger charge is 2.33. The standard InChI is InChI=1S/C18H36N2/c1-5-19-16-10-6-7-11-17(16)20-13-8-9-15(12-14-20)18(2,3)4/h15-17,19H,5-14H2,1-4H3. The molecule has 2 fully saturated rings. The first-order valence-corrected chi connectivity index (χ1v) is 8.99. The molecule has 0 amide bonds. The molecule has 1 heterocycles. The summed E-state index contributed by atoms with van der Waals surface area (Å²) in [6, 6.07) is 1.56. The van der Waals surface area contributed by atoms with Gasteiger partial charge < -0.3 is 5.32 Å². The van der Waals surface area contributed by atoms with Crippen LogP contribution >= 0.6 is 0 Å². The van der Waals surface area contributed by atoms with Gasteiger partial charge in [0.2, 0.25) is 0 Å². The minimum absolute atomic E-state index is 0.490. The van der Waals surface area contributed by atoms with E-state index in [-0.39, 0.29) is 0 Å². The Balaban J connectivity index is 1.94. The van der Waals surface area contributed by atoms with Crippen molar-refractivity contribution in [3.05, 3.63) is 0 Å². The smallest absolute Gasteiger partial charge is 0.0249 e. The van der Waals surface area contributed by atoms with E-state index >= 15 is 0 Å². The lowest BCUT2D eigenvalue weighted by Crippen LogP contribution is -2.52. The summed E-state index contributed by atoms with van der Waals surface area (Å²) in [4.78, 5) is 2.83. The molecule has 118 valence electrons. The van der Waals surface area contributed by atoms with E-state index < -0.39 is 0 Å². The molecule has 20 heavy (non-hydrogen) atoms.